The average molecular weight is 674 g/mol. The lowest BCUT2D eigenvalue weighted by Crippen LogP contribution is -2.66. The number of aliphatic imine (C=N–C) groups is 1. The van der Waals surface area contributed by atoms with Gasteiger partial charge in [-0.3, -0.25) is 14.7 Å². The number of carbonyl (C=O) groups is 1. The van der Waals surface area contributed by atoms with Crippen molar-refractivity contribution in [2.24, 2.45) is 4.99 Å². The van der Waals surface area contributed by atoms with Crippen molar-refractivity contribution in [3.8, 4) is 45.4 Å². The number of amides is 1. The van der Waals surface area contributed by atoms with E-state index in [2.05, 4.69) is 20.5 Å². The molecule has 1 spiro atoms. The number of methoxy groups -OCH3 is 2. The second-order valence-corrected chi connectivity index (χ2v) is 12.9. The van der Waals surface area contributed by atoms with Crippen LogP contribution in [-0.2, 0) is 11.3 Å². The number of aromatic nitrogens is 2. The fraction of sp³-hybridized carbons (Fsp3) is 0.314. The van der Waals surface area contributed by atoms with Crippen molar-refractivity contribution in [3.05, 3.63) is 81.8 Å². The molecule has 3 N–H and O–H groups in total. The molecule has 10 nitrogen and oxygen atoms in total. The first-order chi connectivity index (χ1) is 22.8. The topological polar surface area (TPSA) is 121 Å². The zero-order valence-corrected chi connectivity index (χ0v) is 27.5. The number of nitrogens with one attached hydrogen (secondary N) is 2. The van der Waals surface area contributed by atoms with Crippen molar-refractivity contribution in [2.75, 3.05) is 40.5 Å². The summed E-state index contributed by atoms with van der Waals surface area (Å²) in [4.78, 5) is 28.1. The lowest BCUT2D eigenvalue weighted by Gasteiger charge is -2.48. The van der Waals surface area contributed by atoms with Crippen LogP contribution in [0.5, 0.6) is 11.8 Å². The van der Waals surface area contributed by atoms with Gasteiger partial charge in [-0.1, -0.05) is 65.7 Å². The third-order valence-corrected chi connectivity index (χ3v) is 9.81. The number of halogens is 2. The largest absolute Gasteiger partial charge is 0.481 e. The Labute approximate surface area is 282 Å². The summed E-state index contributed by atoms with van der Waals surface area (Å²) in [5.74, 6) is 1.71. The number of likely N-dealkylation sites (tertiary alicyclic amines) is 1. The third-order valence-electron chi connectivity index (χ3n) is 8.99. The van der Waals surface area contributed by atoms with Crippen molar-refractivity contribution in [3.63, 3.8) is 0 Å². The number of carbonyl (C=O) groups excluding carboxylic acids is 1. The minimum atomic E-state index is -0.128. The summed E-state index contributed by atoms with van der Waals surface area (Å²) in [6.07, 6.45) is 1.48. The van der Waals surface area contributed by atoms with Gasteiger partial charge in [-0.05, 0) is 24.6 Å². The molecule has 3 aliphatic heterocycles. The summed E-state index contributed by atoms with van der Waals surface area (Å²) in [6, 6.07) is 19.2. The SMILES string of the molecule is COc1nc(-c2cccc(-c3cccc(-c4ccc(C5=NC[C@H](CO)N5)c(OC)n4)c3Cl)c2Cl)ccc1CN1CC2(CCC(=O)N2)C1. The molecule has 12 heteroatoms. The molecule has 47 heavy (non-hydrogen) atoms. The maximum Gasteiger partial charge on any atom is 0.224 e. The van der Waals surface area contributed by atoms with Crippen LogP contribution >= 0.6 is 23.2 Å². The molecule has 5 heterocycles. The summed E-state index contributed by atoms with van der Waals surface area (Å²) < 4.78 is 11.3. The predicted molar refractivity (Wildman–Crippen MR) is 182 cm³/mol. The van der Waals surface area contributed by atoms with Gasteiger partial charge in [0.2, 0.25) is 17.7 Å². The van der Waals surface area contributed by atoms with Crippen LogP contribution in [0.4, 0.5) is 0 Å². The Balaban J connectivity index is 1.15. The van der Waals surface area contributed by atoms with E-state index in [0.29, 0.717) is 64.1 Å². The van der Waals surface area contributed by atoms with E-state index in [0.717, 1.165) is 47.3 Å². The first kappa shape index (κ1) is 31.4. The number of benzene rings is 2. The monoisotopic (exact) mass is 672 g/mol. The van der Waals surface area contributed by atoms with Crippen LogP contribution in [0.15, 0.2) is 65.7 Å². The van der Waals surface area contributed by atoms with E-state index in [4.69, 9.17) is 42.6 Å². The van der Waals surface area contributed by atoms with Gasteiger partial charge < -0.3 is 25.2 Å². The number of aliphatic hydroxyl groups excluding tert-OH is 1. The summed E-state index contributed by atoms with van der Waals surface area (Å²) >= 11 is 14.2. The lowest BCUT2D eigenvalue weighted by molar-refractivity contribution is -0.120. The highest BCUT2D eigenvalue weighted by molar-refractivity contribution is 6.39. The molecule has 2 aromatic carbocycles. The summed E-state index contributed by atoms with van der Waals surface area (Å²) in [7, 11) is 3.18. The second-order valence-electron chi connectivity index (χ2n) is 12.1. The molecule has 0 radical (unpaired) electrons. The van der Waals surface area contributed by atoms with Crippen LogP contribution in [0, 0.1) is 0 Å². The number of aliphatic hydroxyl groups is 1. The quantitative estimate of drug-likeness (QED) is 0.228. The molecule has 2 aromatic heterocycles. The van der Waals surface area contributed by atoms with Crippen LogP contribution < -0.4 is 20.1 Å². The lowest BCUT2D eigenvalue weighted by atomic mass is 9.88. The van der Waals surface area contributed by atoms with E-state index < -0.39 is 0 Å². The molecule has 0 unspecified atom stereocenters. The van der Waals surface area contributed by atoms with E-state index in [9.17, 15) is 9.90 Å². The Hall–Kier alpha value is -4.22. The molecule has 2 fully saturated rings. The molecule has 7 rings (SSSR count). The Morgan fingerprint density at radius 3 is 2.06 bits per heavy atom. The molecule has 1 amide bonds. The van der Waals surface area contributed by atoms with E-state index in [1.807, 2.05) is 60.7 Å². The third kappa shape index (κ3) is 5.91. The van der Waals surface area contributed by atoms with Crippen molar-refractivity contribution >= 4 is 34.9 Å². The van der Waals surface area contributed by atoms with E-state index >= 15 is 0 Å². The molecule has 0 aliphatic carbocycles. The van der Waals surface area contributed by atoms with Gasteiger partial charge >= 0.3 is 0 Å². The number of hydrogen-bond donors (Lipinski definition) is 3. The standard InChI is InChI=1S/C35H34Cl2N6O4/c1-46-33-20(16-43-18-35(19-43)14-13-29(45)42-35)9-11-27(40-33)24-7-3-5-22(30(24)36)23-6-4-8-25(31(23)37)28-12-10-26(34(41-28)47-2)32-38-15-21(17-44)39-32/h3-12,21,44H,13-19H2,1-2H3,(H,38,39)(H,42,45)/t21-/m1/s1. The number of nitrogens with zero attached hydrogens (tertiary/aromatic N) is 4. The molecule has 3 aliphatic rings. The van der Waals surface area contributed by atoms with Gasteiger partial charge in [0.1, 0.15) is 5.84 Å². The van der Waals surface area contributed by atoms with E-state index in [-0.39, 0.29) is 24.1 Å². The number of rotatable bonds is 9. The number of amidine groups is 1. The molecular weight excluding hydrogens is 639 g/mol. The predicted octanol–water partition coefficient (Wildman–Crippen LogP) is 4.98. The molecule has 0 bridgehead atoms. The van der Waals surface area contributed by atoms with Crippen LogP contribution in [0.1, 0.15) is 24.0 Å². The fourth-order valence-electron chi connectivity index (χ4n) is 6.64. The molecule has 2 saturated heterocycles. The smallest absolute Gasteiger partial charge is 0.224 e. The highest BCUT2D eigenvalue weighted by atomic mass is 35.5. The molecule has 242 valence electrons. The van der Waals surface area contributed by atoms with Crippen LogP contribution in [0.2, 0.25) is 10.0 Å². The number of ether oxygens (including phenoxy) is 2. The van der Waals surface area contributed by atoms with Crippen molar-refractivity contribution in [1.29, 1.82) is 0 Å². The first-order valence-corrected chi connectivity index (χ1v) is 16.2. The van der Waals surface area contributed by atoms with Crippen LogP contribution in [0.3, 0.4) is 0 Å². The molecule has 0 saturated carbocycles. The van der Waals surface area contributed by atoms with Gasteiger partial charge in [0, 0.05) is 53.9 Å². The van der Waals surface area contributed by atoms with E-state index in [1.54, 1.807) is 14.2 Å². The minimum absolute atomic E-state index is 0.00982. The zero-order valence-electron chi connectivity index (χ0n) is 26.0. The first-order valence-electron chi connectivity index (χ1n) is 15.4. The van der Waals surface area contributed by atoms with Crippen molar-refractivity contribution < 1.29 is 19.4 Å². The van der Waals surface area contributed by atoms with Crippen molar-refractivity contribution in [1.82, 2.24) is 25.5 Å². The highest BCUT2D eigenvalue weighted by Crippen LogP contribution is 2.43. The van der Waals surface area contributed by atoms with Crippen LogP contribution in [-0.4, -0.2) is 83.8 Å². The van der Waals surface area contributed by atoms with E-state index in [1.165, 1.54) is 0 Å². The summed E-state index contributed by atoms with van der Waals surface area (Å²) in [5, 5.41) is 16.8. The fourth-order valence-corrected chi connectivity index (χ4v) is 7.29. The Bertz CT molecular complexity index is 1890. The van der Waals surface area contributed by atoms with Gasteiger partial charge in [0.15, 0.2) is 0 Å². The molecular formula is C35H34Cl2N6O4. The van der Waals surface area contributed by atoms with Gasteiger partial charge in [0.05, 0.1) is 65.9 Å². The highest BCUT2D eigenvalue weighted by Gasteiger charge is 2.47. The van der Waals surface area contributed by atoms with Gasteiger partial charge in [-0.2, -0.15) is 0 Å². The maximum atomic E-state index is 11.7. The number of hydrogen-bond acceptors (Lipinski definition) is 9. The number of pyridine rings is 2. The molecule has 1 atom stereocenters. The Morgan fingerprint density at radius 2 is 1.49 bits per heavy atom. The van der Waals surface area contributed by atoms with Crippen LogP contribution in [0.25, 0.3) is 33.6 Å². The average Bonchev–Trinajstić information content (AvgIpc) is 3.72. The Morgan fingerprint density at radius 1 is 0.872 bits per heavy atom. The summed E-state index contributed by atoms with van der Waals surface area (Å²) in [6.45, 7) is 2.79. The maximum absolute atomic E-state index is 11.7. The molecule has 4 aromatic rings. The minimum Gasteiger partial charge on any atom is -0.481 e. The summed E-state index contributed by atoms with van der Waals surface area (Å²) in [5.41, 5.74) is 5.89. The van der Waals surface area contributed by atoms with Gasteiger partial charge in [0.25, 0.3) is 0 Å². The normalized spacial score (nSPS) is 18.4. The zero-order chi connectivity index (χ0) is 32.7. The van der Waals surface area contributed by atoms with Gasteiger partial charge in [-0.15, -0.1) is 0 Å². The second kappa shape index (κ2) is 12.8. The van der Waals surface area contributed by atoms with Crippen molar-refractivity contribution in [2.45, 2.75) is 31.0 Å². The Kier molecular flexibility index (Phi) is 8.52. The van der Waals surface area contributed by atoms with Gasteiger partial charge in [-0.25, -0.2) is 9.97 Å².